The number of carbonyl (C=O) groups is 5. The van der Waals surface area contributed by atoms with Crippen LogP contribution in [-0.4, -0.2) is 86.6 Å². The number of rotatable bonds is 18. The number of nitrogens with one attached hydrogen (secondary N) is 4. The number of carboxylic acids is 2. The molecule has 0 aliphatic heterocycles. The topological polar surface area (TPSA) is 288 Å². The van der Waals surface area contributed by atoms with E-state index >= 15 is 0 Å². The molecule has 0 bridgehead atoms. The number of fused-ring (bicyclic) bond motifs is 1. The molecule has 0 radical (unpaired) electrons. The van der Waals surface area contributed by atoms with Gasteiger partial charge in [0, 0.05) is 36.5 Å². The fourth-order valence-electron chi connectivity index (χ4n) is 4.83. The van der Waals surface area contributed by atoms with Crippen molar-refractivity contribution in [1.82, 2.24) is 20.9 Å². The van der Waals surface area contributed by atoms with Crippen LogP contribution in [0.4, 0.5) is 0 Å². The van der Waals surface area contributed by atoms with Gasteiger partial charge in [-0.3, -0.25) is 24.2 Å². The number of aromatic hydroxyl groups is 1. The Hall–Kier alpha value is -5.64. The van der Waals surface area contributed by atoms with Gasteiger partial charge in [-0.2, -0.15) is 0 Å². The number of hydrogen-bond donors (Lipinski definition) is 10. The number of carboxylic acid groups (broad SMARTS) is 2. The van der Waals surface area contributed by atoms with Crippen molar-refractivity contribution in [1.29, 1.82) is 0 Å². The van der Waals surface area contributed by atoms with Crippen molar-refractivity contribution in [3.8, 4) is 5.75 Å². The number of nitrogens with zero attached hydrogens (tertiary/aromatic N) is 1. The molecule has 47 heavy (non-hydrogen) atoms. The lowest BCUT2D eigenvalue weighted by Gasteiger charge is -2.25. The first-order chi connectivity index (χ1) is 22.3. The molecule has 0 aliphatic rings. The first-order valence-corrected chi connectivity index (χ1v) is 14.8. The molecule has 4 atom stereocenters. The molecular weight excluding hydrogens is 612 g/mol. The Bertz CT molecular complexity index is 1590. The number of para-hydroxylation sites is 1. The molecular formula is C31H40N8O8. The number of aromatic nitrogens is 1. The van der Waals surface area contributed by atoms with Crippen molar-refractivity contribution in [2.75, 3.05) is 6.54 Å². The van der Waals surface area contributed by atoms with E-state index in [1.165, 1.54) is 12.1 Å². The Morgan fingerprint density at radius 2 is 1.45 bits per heavy atom. The SMILES string of the molecule is NC(N)=NCCCC(NC(=O)C(Cc1c[nH]c2ccccc12)NC(=O)C(CCC(=O)O)NC(=O)C(N)Cc1ccc(O)cc1)C(=O)O. The maximum Gasteiger partial charge on any atom is 0.326 e. The molecule has 0 saturated heterocycles. The molecule has 1 heterocycles. The minimum Gasteiger partial charge on any atom is -0.508 e. The highest BCUT2D eigenvalue weighted by molar-refractivity contribution is 5.95. The highest BCUT2D eigenvalue weighted by atomic mass is 16.4. The predicted octanol–water partition coefficient (Wildman–Crippen LogP) is -0.557. The molecule has 0 spiro atoms. The second-order valence-electron chi connectivity index (χ2n) is 10.9. The summed E-state index contributed by atoms with van der Waals surface area (Å²) in [4.78, 5) is 70.4. The third-order valence-electron chi connectivity index (χ3n) is 7.30. The lowest BCUT2D eigenvalue weighted by Crippen LogP contribution is -2.57. The van der Waals surface area contributed by atoms with Gasteiger partial charge in [-0.15, -0.1) is 0 Å². The number of benzene rings is 2. The third-order valence-corrected chi connectivity index (χ3v) is 7.30. The van der Waals surface area contributed by atoms with Gasteiger partial charge >= 0.3 is 11.9 Å². The summed E-state index contributed by atoms with van der Waals surface area (Å²) in [5, 5.41) is 36.8. The van der Waals surface area contributed by atoms with Crippen molar-refractivity contribution in [3.63, 3.8) is 0 Å². The Morgan fingerprint density at radius 3 is 2.11 bits per heavy atom. The molecule has 0 fully saturated rings. The lowest BCUT2D eigenvalue weighted by molar-refractivity contribution is -0.142. The zero-order chi connectivity index (χ0) is 34.5. The van der Waals surface area contributed by atoms with Crippen LogP contribution in [-0.2, 0) is 36.8 Å². The maximum atomic E-state index is 13.6. The lowest BCUT2D eigenvalue weighted by atomic mass is 10.0. The number of carbonyl (C=O) groups excluding carboxylic acids is 3. The third kappa shape index (κ3) is 11.3. The largest absolute Gasteiger partial charge is 0.508 e. The van der Waals surface area contributed by atoms with Crippen LogP contribution in [0, 0.1) is 0 Å². The minimum absolute atomic E-state index is 0.0121. The Kier molecular flexibility index (Phi) is 13.1. The van der Waals surface area contributed by atoms with Gasteiger partial charge in [0.1, 0.15) is 23.9 Å². The highest BCUT2D eigenvalue weighted by Gasteiger charge is 2.31. The number of guanidine groups is 1. The minimum atomic E-state index is -1.39. The van der Waals surface area contributed by atoms with Gasteiger partial charge in [0.2, 0.25) is 17.7 Å². The molecule has 2 aromatic carbocycles. The molecule has 3 amide bonds. The van der Waals surface area contributed by atoms with E-state index in [0.717, 1.165) is 10.9 Å². The number of aromatic amines is 1. The van der Waals surface area contributed by atoms with Crippen LogP contribution in [0.3, 0.4) is 0 Å². The zero-order valence-electron chi connectivity index (χ0n) is 25.5. The summed E-state index contributed by atoms with van der Waals surface area (Å²) in [7, 11) is 0. The molecule has 13 N–H and O–H groups in total. The number of aliphatic carboxylic acids is 2. The van der Waals surface area contributed by atoms with Crippen molar-refractivity contribution in [2.45, 2.75) is 62.7 Å². The summed E-state index contributed by atoms with van der Waals surface area (Å²) in [6.07, 6.45) is 1.08. The van der Waals surface area contributed by atoms with Gasteiger partial charge < -0.3 is 53.5 Å². The first kappa shape index (κ1) is 35.8. The van der Waals surface area contributed by atoms with Crippen LogP contribution in [0.15, 0.2) is 59.7 Å². The quantitative estimate of drug-likeness (QED) is 0.0472. The summed E-state index contributed by atoms with van der Waals surface area (Å²) >= 11 is 0. The van der Waals surface area contributed by atoms with Gasteiger partial charge in [-0.25, -0.2) is 4.79 Å². The summed E-state index contributed by atoms with van der Waals surface area (Å²) in [6.45, 7) is 0.136. The van der Waals surface area contributed by atoms with Crippen molar-refractivity contribution >= 4 is 46.5 Å². The average molecular weight is 653 g/mol. The summed E-state index contributed by atoms with van der Waals surface area (Å²) in [5.41, 5.74) is 18.7. The molecule has 252 valence electrons. The van der Waals surface area contributed by atoms with Crippen LogP contribution in [0.5, 0.6) is 5.75 Å². The normalized spacial score (nSPS) is 13.5. The second-order valence-corrected chi connectivity index (χ2v) is 10.9. The van der Waals surface area contributed by atoms with Gasteiger partial charge in [0.15, 0.2) is 5.96 Å². The molecule has 0 saturated carbocycles. The standard InChI is InChI=1S/C31H40N8O8/c32-21(14-17-7-9-19(40)10-8-17)27(43)37-23(11-12-26(41)42)28(44)39-25(15-18-16-36-22-5-2-1-4-20(18)22)29(45)38-24(30(46)47)6-3-13-35-31(33)34/h1-2,4-5,7-10,16,21,23-25,36,40H,3,6,11-15,32H2,(H,37,43)(H,38,45)(H,39,44)(H,41,42)(H,46,47)(H4,33,34,35). The molecule has 1 aromatic heterocycles. The van der Waals surface area contributed by atoms with E-state index in [4.69, 9.17) is 17.2 Å². The van der Waals surface area contributed by atoms with Gasteiger partial charge in [0.25, 0.3) is 0 Å². The zero-order valence-corrected chi connectivity index (χ0v) is 25.5. The molecule has 4 unspecified atom stereocenters. The van der Waals surface area contributed by atoms with Gasteiger partial charge in [-0.1, -0.05) is 30.3 Å². The number of phenolic OH excluding ortho intramolecular Hbond substituents is 1. The van der Waals surface area contributed by atoms with Crippen molar-refractivity contribution in [3.05, 3.63) is 65.9 Å². The maximum absolute atomic E-state index is 13.6. The summed E-state index contributed by atoms with van der Waals surface area (Å²) in [6, 6.07) is 8.09. The van der Waals surface area contributed by atoms with E-state index in [1.807, 2.05) is 18.2 Å². The van der Waals surface area contributed by atoms with Gasteiger partial charge in [-0.05, 0) is 55.0 Å². The average Bonchev–Trinajstić information content (AvgIpc) is 3.43. The molecule has 0 aliphatic carbocycles. The van der Waals surface area contributed by atoms with Crippen LogP contribution in [0.1, 0.15) is 36.8 Å². The smallest absolute Gasteiger partial charge is 0.326 e. The van der Waals surface area contributed by atoms with Crippen LogP contribution >= 0.6 is 0 Å². The number of amides is 3. The predicted molar refractivity (Wildman–Crippen MR) is 172 cm³/mol. The first-order valence-electron chi connectivity index (χ1n) is 14.8. The van der Waals surface area contributed by atoms with E-state index in [0.29, 0.717) is 11.1 Å². The monoisotopic (exact) mass is 652 g/mol. The molecule has 3 aromatic rings. The van der Waals surface area contributed by atoms with Crippen LogP contribution < -0.4 is 33.2 Å². The van der Waals surface area contributed by atoms with Gasteiger partial charge in [0.05, 0.1) is 6.04 Å². The van der Waals surface area contributed by atoms with E-state index in [-0.39, 0.29) is 50.4 Å². The fraction of sp³-hybridized carbons (Fsp3) is 0.355. The Balaban J connectivity index is 1.82. The number of aliphatic imine (C=N–C) groups is 1. The number of phenols is 1. The number of hydrogen-bond acceptors (Lipinski definition) is 8. The van der Waals surface area contributed by atoms with E-state index in [2.05, 4.69) is 25.9 Å². The number of H-pyrrole nitrogens is 1. The van der Waals surface area contributed by atoms with E-state index in [9.17, 15) is 39.3 Å². The highest BCUT2D eigenvalue weighted by Crippen LogP contribution is 2.20. The summed E-state index contributed by atoms with van der Waals surface area (Å²) < 4.78 is 0. The number of nitrogens with two attached hydrogens (primary N) is 3. The summed E-state index contributed by atoms with van der Waals surface area (Å²) in [5.74, 6) is -5.08. The Morgan fingerprint density at radius 1 is 0.809 bits per heavy atom. The van der Waals surface area contributed by atoms with Crippen molar-refractivity contribution in [2.24, 2.45) is 22.2 Å². The Labute approximate surface area is 269 Å². The van der Waals surface area contributed by atoms with Crippen molar-refractivity contribution < 1.29 is 39.3 Å². The molecule has 16 nitrogen and oxygen atoms in total. The van der Waals surface area contributed by atoms with Crippen LogP contribution in [0.2, 0.25) is 0 Å². The molecule has 16 heteroatoms. The van der Waals surface area contributed by atoms with E-state index < -0.39 is 60.2 Å². The van der Waals surface area contributed by atoms with Crippen LogP contribution in [0.25, 0.3) is 10.9 Å². The van der Waals surface area contributed by atoms with E-state index in [1.54, 1.807) is 24.4 Å². The fourth-order valence-corrected chi connectivity index (χ4v) is 4.83. The molecule has 3 rings (SSSR count). The second kappa shape index (κ2) is 17.2.